The average Bonchev–Trinajstić information content (AvgIpc) is 2.80. The van der Waals surface area contributed by atoms with Gasteiger partial charge in [0.1, 0.15) is 5.78 Å². The Balaban J connectivity index is 1.75. The number of ketones is 1. The first-order chi connectivity index (χ1) is 10.1. The Kier molecular flexibility index (Phi) is 3.85. The second-order valence-electron chi connectivity index (χ2n) is 6.31. The predicted molar refractivity (Wildman–Crippen MR) is 86.6 cm³/mol. The Morgan fingerprint density at radius 1 is 1.29 bits per heavy atom. The molecule has 1 saturated heterocycles. The molecule has 0 saturated carbocycles. The van der Waals surface area contributed by atoms with Gasteiger partial charge >= 0.3 is 0 Å². The van der Waals surface area contributed by atoms with Gasteiger partial charge in [0.15, 0.2) is 0 Å². The van der Waals surface area contributed by atoms with Crippen molar-refractivity contribution in [2.45, 2.75) is 39.7 Å². The molecule has 0 spiro atoms. The summed E-state index contributed by atoms with van der Waals surface area (Å²) in [6.45, 7) is 8.34. The van der Waals surface area contributed by atoms with E-state index in [-0.39, 0.29) is 5.92 Å². The number of likely N-dealkylation sites (tertiary alicyclic amines) is 1. The predicted octanol–water partition coefficient (Wildman–Crippen LogP) is 3.32. The number of hydrogen-bond acceptors (Lipinski definition) is 2. The largest absolute Gasteiger partial charge is 0.358 e. The molecule has 2 heterocycles. The highest BCUT2D eigenvalue weighted by molar-refractivity contribution is 5.84. The molecule has 1 N–H and O–H groups in total. The van der Waals surface area contributed by atoms with E-state index in [0.717, 1.165) is 19.5 Å². The third-order valence-electron chi connectivity index (χ3n) is 5.13. The van der Waals surface area contributed by atoms with Crippen molar-refractivity contribution in [3.05, 3.63) is 35.5 Å². The molecule has 0 bridgehead atoms. The van der Waals surface area contributed by atoms with Gasteiger partial charge in [-0.25, -0.2) is 0 Å². The molecule has 3 heteroatoms. The van der Waals surface area contributed by atoms with Crippen molar-refractivity contribution in [3.63, 3.8) is 0 Å². The number of aryl methyl sites for hydroxylation is 1. The van der Waals surface area contributed by atoms with Crippen LogP contribution >= 0.6 is 0 Å². The van der Waals surface area contributed by atoms with Gasteiger partial charge in [-0.2, -0.15) is 0 Å². The van der Waals surface area contributed by atoms with Crippen LogP contribution in [0.4, 0.5) is 0 Å². The summed E-state index contributed by atoms with van der Waals surface area (Å²) >= 11 is 0. The zero-order valence-corrected chi connectivity index (χ0v) is 13.1. The third-order valence-corrected chi connectivity index (χ3v) is 5.13. The lowest BCUT2D eigenvalue weighted by Crippen LogP contribution is -2.47. The smallest absolute Gasteiger partial charge is 0.138 e. The van der Waals surface area contributed by atoms with Gasteiger partial charge in [0.2, 0.25) is 0 Å². The SMILES string of the molecule is Cc1[nH]c2ccccc2c1CCN1CCC(=O)[C@@H](C)[C@H]1C. The number of fused-ring (bicyclic) bond motifs is 1. The van der Waals surface area contributed by atoms with E-state index in [2.05, 4.69) is 54.9 Å². The van der Waals surface area contributed by atoms with Gasteiger partial charge < -0.3 is 4.98 Å². The Morgan fingerprint density at radius 3 is 2.86 bits per heavy atom. The normalized spacial score (nSPS) is 23.9. The fraction of sp³-hybridized carbons (Fsp3) is 0.500. The van der Waals surface area contributed by atoms with Gasteiger partial charge in [0.25, 0.3) is 0 Å². The number of nitrogens with zero attached hydrogens (tertiary/aromatic N) is 1. The molecular formula is C18H24N2O. The number of hydrogen-bond donors (Lipinski definition) is 1. The number of para-hydroxylation sites is 1. The first kappa shape index (κ1) is 14.3. The van der Waals surface area contributed by atoms with Crippen LogP contribution < -0.4 is 0 Å². The standard InChI is InChI=1S/C18H24N2O/c1-12-14(3)20(11-9-18(12)21)10-8-15-13(2)19-17-7-5-4-6-16(15)17/h4-7,12,14,19H,8-11H2,1-3H3/t12-,14+/m0/s1. The van der Waals surface area contributed by atoms with Crippen LogP contribution in [-0.2, 0) is 11.2 Å². The van der Waals surface area contributed by atoms with Crippen molar-refractivity contribution in [1.29, 1.82) is 0 Å². The molecule has 3 nitrogen and oxygen atoms in total. The Bertz CT molecular complexity index is 658. The summed E-state index contributed by atoms with van der Waals surface area (Å²) in [6.07, 6.45) is 1.75. The number of carbonyl (C=O) groups excluding carboxylic acids is 1. The molecule has 0 radical (unpaired) electrons. The van der Waals surface area contributed by atoms with E-state index in [1.807, 2.05) is 0 Å². The lowest BCUT2D eigenvalue weighted by molar-refractivity contribution is -0.127. The van der Waals surface area contributed by atoms with Crippen LogP contribution in [0.3, 0.4) is 0 Å². The quantitative estimate of drug-likeness (QED) is 0.938. The minimum atomic E-state index is 0.169. The fourth-order valence-electron chi connectivity index (χ4n) is 3.50. The summed E-state index contributed by atoms with van der Waals surface area (Å²) < 4.78 is 0. The number of nitrogens with one attached hydrogen (secondary N) is 1. The first-order valence-corrected chi connectivity index (χ1v) is 7.91. The number of rotatable bonds is 3. The topological polar surface area (TPSA) is 36.1 Å². The maximum Gasteiger partial charge on any atom is 0.138 e. The van der Waals surface area contributed by atoms with Crippen molar-refractivity contribution in [1.82, 2.24) is 9.88 Å². The molecule has 1 aromatic heterocycles. The maximum atomic E-state index is 11.8. The molecule has 1 aliphatic rings. The number of H-pyrrole nitrogens is 1. The van der Waals surface area contributed by atoms with E-state index in [9.17, 15) is 4.79 Å². The third kappa shape index (κ3) is 2.62. The molecule has 0 aliphatic carbocycles. The second kappa shape index (κ2) is 5.64. The summed E-state index contributed by atoms with van der Waals surface area (Å²) in [7, 11) is 0. The van der Waals surface area contributed by atoms with E-state index < -0.39 is 0 Å². The van der Waals surface area contributed by atoms with Gasteiger partial charge in [-0.3, -0.25) is 9.69 Å². The van der Waals surface area contributed by atoms with E-state index in [1.165, 1.54) is 22.2 Å². The average molecular weight is 284 g/mol. The summed E-state index contributed by atoms with van der Waals surface area (Å²) in [5.41, 5.74) is 3.91. The zero-order chi connectivity index (χ0) is 15.0. The van der Waals surface area contributed by atoms with Crippen molar-refractivity contribution < 1.29 is 4.79 Å². The van der Waals surface area contributed by atoms with Gasteiger partial charge in [-0.15, -0.1) is 0 Å². The molecule has 21 heavy (non-hydrogen) atoms. The van der Waals surface area contributed by atoms with E-state index in [4.69, 9.17) is 0 Å². The van der Waals surface area contributed by atoms with Gasteiger partial charge in [0, 0.05) is 48.1 Å². The highest BCUT2D eigenvalue weighted by Gasteiger charge is 2.30. The van der Waals surface area contributed by atoms with Crippen LogP contribution in [0, 0.1) is 12.8 Å². The zero-order valence-electron chi connectivity index (χ0n) is 13.1. The van der Waals surface area contributed by atoms with Crippen molar-refractivity contribution in [2.75, 3.05) is 13.1 Å². The number of carbonyl (C=O) groups is 1. The number of benzene rings is 1. The lowest BCUT2D eigenvalue weighted by Gasteiger charge is -2.37. The van der Waals surface area contributed by atoms with Crippen LogP contribution in [0.25, 0.3) is 10.9 Å². The Labute approximate surface area is 126 Å². The van der Waals surface area contributed by atoms with E-state index in [1.54, 1.807) is 0 Å². The molecular weight excluding hydrogens is 260 g/mol. The number of piperidine rings is 1. The van der Waals surface area contributed by atoms with Crippen LogP contribution in [0.15, 0.2) is 24.3 Å². The molecule has 0 amide bonds. The highest BCUT2D eigenvalue weighted by atomic mass is 16.1. The second-order valence-corrected chi connectivity index (χ2v) is 6.31. The van der Waals surface area contributed by atoms with Crippen LogP contribution in [0.2, 0.25) is 0 Å². The summed E-state index contributed by atoms with van der Waals surface area (Å²) in [6, 6.07) is 8.86. The van der Waals surface area contributed by atoms with E-state index in [0.29, 0.717) is 18.2 Å². The lowest BCUT2D eigenvalue weighted by atomic mass is 9.90. The number of aromatic nitrogens is 1. The summed E-state index contributed by atoms with van der Waals surface area (Å²) in [4.78, 5) is 17.7. The minimum Gasteiger partial charge on any atom is -0.358 e. The molecule has 1 fully saturated rings. The fourth-order valence-corrected chi connectivity index (χ4v) is 3.50. The van der Waals surface area contributed by atoms with Gasteiger partial charge in [-0.1, -0.05) is 25.1 Å². The minimum absolute atomic E-state index is 0.169. The highest BCUT2D eigenvalue weighted by Crippen LogP contribution is 2.24. The maximum absolute atomic E-state index is 11.8. The molecule has 2 aromatic rings. The Morgan fingerprint density at radius 2 is 2.05 bits per heavy atom. The molecule has 112 valence electrons. The first-order valence-electron chi connectivity index (χ1n) is 7.91. The van der Waals surface area contributed by atoms with Gasteiger partial charge in [0.05, 0.1) is 0 Å². The summed E-state index contributed by atoms with van der Waals surface area (Å²) in [5, 5.41) is 1.34. The molecule has 1 aliphatic heterocycles. The van der Waals surface area contributed by atoms with Crippen molar-refractivity contribution in [2.24, 2.45) is 5.92 Å². The van der Waals surface area contributed by atoms with E-state index >= 15 is 0 Å². The number of aromatic amines is 1. The summed E-state index contributed by atoms with van der Waals surface area (Å²) in [5.74, 6) is 0.588. The molecule has 0 unspecified atom stereocenters. The molecule has 2 atom stereocenters. The van der Waals surface area contributed by atoms with Crippen LogP contribution in [0.5, 0.6) is 0 Å². The molecule has 1 aromatic carbocycles. The van der Waals surface area contributed by atoms with Crippen LogP contribution in [-0.4, -0.2) is 34.8 Å². The Hall–Kier alpha value is -1.61. The number of Topliss-reactive ketones (excluding diaryl/α,β-unsaturated/α-hetero) is 1. The van der Waals surface area contributed by atoms with Crippen LogP contribution in [0.1, 0.15) is 31.5 Å². The molecule has 3 rings (SSSR count). The van der Waals surface area contributed by atoms with Crippen molar-refractivity contribution >= 4 is 16.7 Å². The van der Waals surface area contributed by atoms with Crippen molar-refractivity contribution in [3.8, 4) is 0 Å². The monoisotopic (exact) mass is 284 g/mol. The van der Waals surface area contributed by atoms with Gasteiger partial charge in [-0.05, 0) is 31.9 Å².